The predicted octanol–water partition coefficient (Wildman–Crippen LogP) is 11.5. The van der Waals surface area contributed by atoms with Crippen LogP contribution in [0.25, 0.3) is 0 Å². The zero-order valence-corrected chi connectivity index (χ0v) is 23.5. The monoisotopic (exact) mass is 440 g/mol. The van der Waals surface area contributed by atoms with Gasteiger partial charge in [0.05, 0.1) is 0 Å². The SMILES string of the molecule is C=CC(C)(C)CC/C=C(\C)CCC=C(C)C.CCC=C(C)CC/C=C(\C)CCC=C(C)C. The van der Waals surface area contributed by atoms with Gasteiger partial charge in [0, 0.05) is 0 Å². The Bertz CT molecular complexity index is 636. The van der Waals surface area contributed by atoms with Crippen LogP contribution < -0.4 is 0 Å². The molecule has 0 atom stereocenters. The predicted molar refractivity (Wildman–Crippen MR) is 151 cm³/mol. The standard InChI is InChI=1S/2C16H28/c1-7-16(5,6)13-9-12-15(4)11-8-10-14(2)3;1-6-9-15(4)12-8-13-16(5)11-7-10-14(2)3/h7,10,12H,1,8-9,11,13H2,2-6H3;9-10,13H,6-8,11-12H2,1-5H3/b15-12+;15-9?,16-13+. The van der Waals surface area contributed by atoms with Crippen LogP contribution >= 0.6 is 0 Å². The minimum Gasteiger partial charge on any atom is -0.103 e. The molecule has 0 rings (SSSR count). The quantitative estimate of drug-likeness (QED) is 0.235. The average Bonchev–Trinajstić information content (AvgIpc) is 2.68. The minimum absolute atomic E-state index is 0.274. The molecule has 0 fully saturated rings. The summed E-state index contributed by atoms with van der Waals surface area (Å²) in [6.07, 6.45) is 24.5. The van der Waals surface area contributed by atoms with Gasteiger partial charge >= 0.3 is 0 Å². The van der Waals surface area contributed by atoms with Crippen LogP contribution in [0.5, 0.6) is 0 Å². The highest BCUT2D eigenvalue weighted by atomic mass is 14.2. The average molecular weight is 441 g/mol. The van der Waals surface area contributed by atoms with Crippen molar-refractivity contribution in [2.24, 2.45) is 5.41 Å². The fraction of sp³-hybridized carbons (Fsp3) is 0.625. The molecule has 0 amide bonds. The molecule has 0 aliphatic rings. The van der Waals surface area contributed by atoms with Gasteiger partial charge in [0.25, 0.3) is 0 Å². The van der Waals surface area contributed by atoms with Gasteiger partial charge in [-0.1, -0.05) is 85.1 Å². The second kappa shape index (κ2) is 20.1. The summed E-state index contributed by atoms with van der Waals surface area (Å²) in [5.74, 6) is 0. The van der Waals surface area contributed by atoms with Gasteiger partial charge in [-0.05, 0) is 112 Å². The molecular formula is C32H56. The van der Waals surface area contributed by atoms with Crippen molar-refractivity contribution in [2.45, 2.75) is 127 Å². The van der Waals surface area contributed by atoms with Crippen LogP contribution in [-0.2, 0) is 0 Å². The number of hydrogen-bond acceptors (Lipinski definition) is 0. The molecule has 0 saturated heterocycles. The van der Waals surface area contributed by atoms with E-state index >= 15 is 0 Å². The summed E-state index contributed by atoms with van der Waals surface area (Å²) in [5, 5.41) is 0. The summed E-state index contributed by atoms with van der Waals surface area (Å²) >= 11 is 0. The van der Waals surface area contributed by atoms with Gasteiger partial charge in [-0.25, -0.2) is 0 Å². The summed E-state index contributed by atoms with van der Waals surface area (Å²) in [6.45, 7) is 25.9. The van der Waals surface area contributed by atoms with E-state index in [1.807, 2.05) is 0 Å². The van der Waals surface area contributed by atoms with Crippen molar-refractivity contribution in [3.05, 3.63) is 70.9 Å². The lowest BCUT2D eigenvalue weighted by atomic mass is 9.88. The molecule has 0 spiro atoms. The van der Waals surface area contributed by atoms with E-state index in [9.17, 15) is 0 Å². The molecule has 0 heteroatoms. The van der Waals surface area contributed by atoms with E-state index in [4.69, 9.17) is 0 Å². The summed E-state index contributed by atoms with van der Waals surface area (Å²) in [6, 6.07) is 0. The zero-order valence-electron chi connectivity index (χ0n) is 23.5. The highest BCUT2D eigenvalue weighted by Gasteiger charge is 2.10. The molecule has 184 valence electrons. The number of hydrogen-bond donors (Lipinski definition) is 0. The Labute approximate surface area is 203 Å². The van der Waals surface area contributed by atoms with Crippen LogP contribution in [0.15, 0.2) is 70.9 Å². The van der Waals surface area contributed by atoms with Crippen molar-refractivity contribution >= 4 is 0 Å². The zero-order chi connectivity index (χ0) is 25.0. The molecule has 0 bridgehead atoms. The molecule has 0 aromatic heterocycles. The van der Waals surface area contributed by atoms with Gasteiger partial charge in [-0.15, -0.1) is 6.58 Å². The molecule has 0 N–H and O–H groups in total. The Kier molecular flexibility index (Phi) is 20.5. The van der Waals surface area contributed by atoms with Gasteiger partial charge in [-0.2, -0.15) is 0 Å². The first kappa shape index (κ1) is 32.6. The van der Waals surface area contributed by atoms with E-state index in [1.54, 1.807) is 0 Å². The first-order chi connectivity index (χ1) is 14.9. The summed E-state index contributed by atoms with van der Waals surface area (Å²) < 4.78 is 0. The highest BCUT2D eigenvalue weighted by Crippen LogP contribution is 2.24. The van der Waals surface area contributed by atoms with Crippen molar-refractivity contribution in [3.63, 3.8) is 0 Å². The van der Waals surface area contributed by atoms with Gasteiger partial charge < -0.3 is 0 Å². The van der Waals surface area contributed by atoms with Gasteiger partial charge in [-0.3, -0.25) is 0 Å². The summed E-state index contributed by atoms with van der Waals surface area (Å²) in [5.41, 5.74) is 7.68. The van der Waals surface area contributed by atoms with E-state index in [-0.39, 0.29) is 5.41 Å². The fourth-order valence-corrected chi connectivity index (χ4v) is 3.17. The Balaban J connectivity index is 0. The van der Waals surface area contributed by atoms with Crippen molar-refractivity contribution in [1.29, 1.82) is 0 Å². The van der Waals surface area contributed by atoms with E-state index in [0.29, 0.717) is 0 Å². The first-order valence-corrected chi connectivity index (χ1v) is 12.8. The lowest BCUT2D eigenvalue weighted by Crippen LogP contribution is -2.05. The summed E-state index contributed by atoms with van der Waals surface area (Å²) in [7, 11) is 0. The van der Waals surface area contributed by atoms with Crippen LogP contribution in [0.2, 0.25) is 0 Å². The molecular weight excluding hydrogens is 384 g/mol. The molecule has 0 aromatic rings. The maximum atomic E-state index is 3.87. The highest BCUT2D eigenvalue weighted by molar-refractivity contribution is 5.05. The second-order valence-corrected chi connectivity index (χ2v) is 10.5. The Morgan fingerprint density at radius 1 is 0.594 bits per heavy atom. The van der Waals surface area contributed by atoms with Gasteiger partial charge in [0.1, 0.15) is 0 Å². The minimum atomic E-state index is 0.274. The molecule has 0 nitrogen and oxygen atoms in total. The number of rotatable bonds is 14. The lowest BCUT2D eigenvalue weighted by Gasteiger charge is -2.18. The van der Waals surface area contributed by atoms with Crippen molar-refractivity contribution in [2.75, 3.05) is 0 Å². The van der Waals surface area contributed by atoms with Crippen molar-refractivity contribution < 1.29 is 0 Å². The molecule has 0 heterocycles. The normalized spacial score (nSPS) is 12.6. The maximum absolute atomic E-state index is 3.87. The van der Waals surface area contributed by atoms with Crippen LogP contribution in [0.1, 0.15) is 127 Å². The third-order valence-corrected chi connectivity index (χ3v) is 5.60. The molecule has 0 saturated carbocycles. The first-order valence-electron chi connectivity index (χ1n) is 12.8. The third-order valence-electron chi connectivity index (χ3n) is 5.60. The molecule has 32 heavy (non-hydrogen) atoms. The number of allylic oxidation sites excluding steroid dienone is 11. The van der Waals surface area contributed by atoms with Gasteiger partial charge in [0.15, 0.2) is 0 Å². The van der Waals surface area contributed by atoms with Crippen LogP contribution in [0, 0.1) is 5.41 Å². The second-order valence-electron chi connectivity index (χ2n) is 10.5. The molecule has 0 radical (unpaired) electrons. The third kappa shape index (κ3) is 24.7. The molecule has 0 unspecified atom stereocenters. The van der Waals surface area contributed by atoms with E-state index in [2.05, 4.69) is 112 Å². The smallest absolute Gasteiger partial charge is 0.0175 e. The Morgan fingerprint density at radius 2 is 0.969 bits per heavy atom. The van der Waals surface area contributed by atoms with E-state index in [1.165, 1.54) is 79.2 Å². The Morgan fingerprint density at radius 3 is 1.34 bits per heavy atom. The van der Waals surface area contributed by atoms with Crippen LogP contribution in [0.3, 0.4) is 0 Å². The van der Waals surface area contributed by atoms with Gasteiger partial charge in [0.2, 0.25) is 0 Å². The fourth-order valence-electron chi connectivity index (χ4n) is 3.17. The topological polar surface area (TPSA) is 0 Å². The molecule has 0 aromatic carbocycles. The largest absolute Gasteiger partial charge is 0.103 e. The summed E-state index contributed by atoms with van der Waals surface area (Å²) in [4.78, 5) is 0. The molecule has 0 aliphatic heterocycles. The maximum Gasteiger partial charge on any atom is -0.0175 e. The molecule has 0 aliphatic carbocycles. The van der Waals surface area contributed by atoms with E-state index in [0.717, 1.165) is 6.42 Å². The van der Waals surface area contributed by atoms with Crippen molar-refractivity contribution in [3.8, 4) is 0 Å². The Hall–Kier alpha value is -1.56. The van der Waals surface area contributed by atoms with Crippen LogP contribution in [-0.4, -0.2) is 0 Å². The van der Waals surface area contributed by atoms with Crippen LogP contribution in [0.4, 0.5) is 0 Å². The van der Waals surface area contributed by atoms with Crippen molar-refractivity contribution in [1.82, 2.24) is 0 Å². The lowest BCUT2D eigenvalue weighted by molar-refractivity contribution is 0.443. The van der Waals surface area contributed by atoms with E-state index < -0.39 is 0 Å².